The number of hydrogen-bond acceptors (Lipinski definition) is 4. The lowest BCUT2D eigenvalue weighted by atomic mass is 10.1. The van der Waals surface area contributed by atoms with Crippen LogP contribution in [0.5, 0.6) is 0 Å². The third kappa shape index (κ3) is 2.53. The highest BCUT2D eigenvalue weighted by atomic mass is 16.5. The second-order valence-corrected chi connectivity index (χ2v) is 4.17. The fourth-order valence-corrected chi connectivity index (χ4v) is 1.57. The van der Waals surface area contributed by atoms with Crippen molar-refractivity contribution in [1.29, 1.82) is 0 Å². The van der Waals surface area contributed by atoms with Crippen molar-refractivity contribution in [2.45, 2.75) is 32.7 Å². The van der Waals surface area contributed by atoms with E-state index in [0.29, 0.717) is 18.4 Å². The molecular weight excluding hydrogens is 214 g/mol. The molecule has 17 heavy (non-hydrogen) atoms. The Morgan fingerprint density at radius 2 is 2.24 bits per heavy atom. The Balaban J connectivity index is 2.30. The van der Waals surface area contributed by atoms with Crippen molar-refractivity contribution in [2.75, 3.05) is 0 Å². The van der Waals surface area contributed by atoms with Gasteiger partial charge in [-0.15, -0.1) is 0 Å². The van der Waals surface area contributed by atoms with Crippen molar-refractivity contribution in [3.63, 3.8) is 0 Å². The van der Waals surface area contributed by atoms with Gasteiger partial charge in [0, 0.05) is 18.0 Å². The van der Waals surface area contributed by atoms with Crippen LogP contribution in [0.2, 0.25) is 0 Å². The molecule has 0 saturated heterocycles. The summed E-state index contributed by atoms with van der Waals surface area (Å²) in [7, 11) is 0. The first-order chi connectivity index (χ1) is 8.24. The van der Waals surface area contributed by atoms with Crippen molar-refractivity contribution < 1.29 is 4.52 Å². The molecular formula is C13H17N3O. The number of nitrogens with zero attached hydrogens (tertiary/aromatic N) is 2. The van der Waals surface area contributed by atoms with Crippen molar-refractivity contribution in [3.8, 4) is 11.5 Å². The van der Waals surface area contributed by atoms with E-state index in [1.54, 1.807) is 0 Å². The van der Waals surface area contributed by atoms with Gasteiger partial charge in [-0.1, -0.05) is 31.1 Å². The van der Waals surface area contributed by atoms with E-state index < -0.39 is 0 Å². The minimum Gasteiger partial charge on any atom is -0.334 e. The Kier molecular flexibility index (Phi) is 3.54. The van der Waals surface area contributed by atoms with Crippen molar-refractivity contribution in [3.05, 3.63) is 35.7 Å². The second-order valence-electron chi connectivity index (χ2n) is 4.17. The molecule has 2 rings (SSSR count). The molecule has 0 aliphatic carbocycles. The topological polar surface area (TPSA) is 64.9 Å². The van der Waals surface area contributed by atoms with Crippen LogP contribution in [0.15, 0.2) is 28.8 Å². The molecule has 0 spiro atoms. The summed E-state index contributed by atoms with van der Waals surface area (Å²) in [5.74, 6) is 1.65. The van der Waals surface area contributed by atoms with Gasteiger partial charge < -0.3 is 10.3 Å². The standard InChI is InChI=1S/C13H17N3O/c1-3-9(2)12-15-13(17-16-12)11-6-4-5-10(7-11)8-14/h4-7,9H,3,8,14H2,1-2H3. The first-order valence-corrected chi connectivity index (χ1v) is 5.87. The van der Waals surface area contributed by atoms with E-state index >= 15 is 0 Å². The number of nitrogens with two attached hydrogens (primary N) is 1. The summed E-state index contributed by atoms with van der Waals surface area (Å²) in [6.45, 7) is 4.71. The predicted molar refractivity (Wildman–Crippen MR) is 66.3 cm³/mol. The van der Waals surface area contributed by atoms with Crippen LogP contribution in [0.3, 0.4) is 0 Å². The summed E-state index contributed by atoms with van der Waals surface area (Å²) in [5, 5.41) is 4.00. The molecule has 90 valence electrons. The summed E-state index contributed by atoms with van der Waals surface area (Å²) in [4.78, 5) is 4.41. The Morgan fingerprint density at radius 1 is 1.41 bits per heavy atom. The van der Waals surface area contributed by atoms with E-state index in [-0.39, 0.29) is 0 Å². The SMILES string of the molecule is CCC(C)c1noc(-c2cccc(CN)c2)n1. The summed E-state index contributed by atoms with van der Waals surface area (Å²) >= 11 is 0. The largest absolute Gasteiger partial charge is 0.334 e. The van der Waals surface area contributed by atoms with Gasteiger partial charge in [0.05, 0.1) is 0 Å². The fourth-order valence-electron chi connectivity index (χ4n) is 1.57. The van der Waals surface area contributed by atoms with Gasteiger partial charge in [-0.05, 0) is 24.1 Å². The zero-order chi connectivity index (χ0) is 12.3. The quantitative estimate of drug-likeness (QED) is 0.878. The lowest BCUT2D eigenvalue weighted by Gasteiger charge is -1.99. The van der Waals surface area contributed by atoms with Crippen LogP contribution in [0.4, 0.5) is 0 Å². The van der Waals surface area contributed by atoms with E-state index in [4.69, 9.17) is 10.3 Å². The average Bonchev–Trinajstić information content (AvgIpc) is 2.87. The van der Waals surface area contributed by atoms with Crippen LogP contribution in [-0.4, -0.2) is 10.1 Å². The van der Waals surface area contributed by atoms with Gasteiger partial charge in [0.1, 0.15) is 0 Å². The minimum absolute atomic E-state index is 0.324. The van der Waals surface area contributed by atoms with Crippen LogP contribution in [-0.2, 0) is 6.54 Å². The minimum atomic E-state index is 0.324. The maximum atomic E-state index is 5.61. The number of rotatable bonds is 4. The van der Waals surface area contributed by atoms with Gasteiger partial charge in [-0.3, -0.25) is 0 Å². The zero-order valence-corrected chi connectivity index (χ0v) is 10.2. The van der Waals surface area contributed by atoms with Gasteiger partial charge in [0.15, 0.2) is 5.82 Å². The Morgan fingerprint density at radius 3 is 2.94 bits per heavy atom. The van der Waals surface area contributed by atoms with Crippen molar-refractivity contribution in [2.24, 2.45) is 5.73 Å². The molecule has 4 nitrogen and oxygen atoms in total. The Bertz CT molecular complexity index is 493. The summed E-state index contributed by atoms with van der Waals surface area (Å²) in [5.41, 5.74) is 7.59. The van der Waals surface area contributed by atoms with Gasteiger partial charge in [-0.25, -0.2) is 0 Å². The normalized spacial score (nSPS) is 12.6. The fraction of sp³-hybridized carbons (Fsp3) is 0.385. The molecule has 0 aliphatic heterocycles. The average molecular weight is 231 g/mol. The molecule has 1 unspecified atom stereocenters. The highest BCUT2D eigenvalue weighted by Crippen LogP contribution is 2.22. The third-order valence-electron chi connectivity index (χ3n) is 2.90. The van der Waals surface area contributed by atoms with Crippen molar-refractivity contribution in [1.82, 2.24) is 10.1 Å². The molecule has 1 aromatic heterocycles. The second kappa shape index (κ2) is 5.10. The van der Waals surface area contributed by atoms with Crippen LogP contribution < -0.4 is 5.73 Å². The molecule has 0 radical (unpaired) electrons. The van der Waals surface area contributed by atoms with E-state index in [2.05, 4.69) is 24.0 Å². The molecule has 2 N–H and O–H groups in total. The molecule has 2 aromatic rings. The van der Waals surface area contributed by atoms with E-state index in [1.807, 2.05) is 24.3 Å². The summed E-state index contributed by atoms with van der Waals surface area (Å²) in [6.07, 6.45) is 1.00. The predicted octanol–water partition coefficient (Wildman–Crippen LogP) is 2.71. The molecule has 4 heteroatoms. The van der Waals surface area contributed by atoms with Crippen LogP contribution in [0, 0.1) is 0 Å². The van der Waals surface area contributed by atoms with Gasteiger partial charge >= 0.3 is 0 Å². The van der Waals surface area contributed by atoms with Crippen LogP contribution in [0.1, 0.15) is 37.6 Å². The van der Waals surface area contributed by atoms with Gasteiger partial charge in [0.2, 0.25) is 0 Å². The smallest absolute Gasteiger partial charge is 0.257 e. The molecule has 0 aliphatic rings. The van der Waals surface area contributed by atoms with Crippen LogP contribution >= 0.6 is 0 Å². The van der Waals surface area contributed by atoms with Crippen molar-refractivity contribution >= 4 is 0 Å². The number of benzene rings is 1. The first-order valence-electron chi connectivity index (χ1n) is 5.87. The van der Waals surface area contributed by atoms with E-state index in [1.165, 1.54) is 0 Å². The summed E-state index contributed by atoms with van der Waals surface area (Å²) in [6, 6.07) is 7.86. The molecule has 0 fully saturated rings. The zero-order valence-electron chi connectivity index (χ0n) is 10.2. The first kappa shape index (κ1) is 11.8. The third-order valence-corrected chi connectivity index (χ3v) is 2.90. The van der Waals surface area contributed by atoms with Crippen LogP contribution in [0.25, 0.3) is 11.5 Å². The molecule has 0 saturated carbocycles. The maximum Gasteiger partial charge on any atom is 0.257 e. The lowest BCUT2D eigenvalue weighted by Crippen LogP contribution is -1.96. The molecule has 1 aromatic carbocycles. The molecule has 0 bridgehead atoms. The monoisotopic (exact) mass is 231 g/mol. The highest BCUT2D eigenvalue weighted by molar-refractivity contribution is 5.54. The van der Waals surface area contributed by atoms with E-state index in [9.17, 15) is 0 Å². The molecule has 1 atom stereocenters. The van der Waals surface area contributed by atoms with Gasteiger partial charge in [-0.2, -0.15) is 4.98 Å². The highest BCUT2D eigenvalue weighted by Gasteiger charge is 2.13. The van der Waals surface area contributed by atoms with Gasteiger partial charge in [0.25, 0.3) is 5.89 Å². The number of hydrogen-bond donors (Lipinski definition) is 1. The Labute approximate surface area is 101 Å². The molecule has 0 amide bonds. The Hall–Kier alpha value is -1.68. The van der Waals surface area contributed by atoms with E-state index in [0.717, 1.165) is 23.4 Å². The maximum absolute atomic E-state index is 5.61. The lowest BCUT2D eigenvalue weighted by molar-refractivity contribution is 0.416. The summed E-state index contributed by atoms with van der Waals surface area (Å²) < 4.78 is 5.27. The number of aromatic nitrogens is 2. The molecule has 1 heterocycles.